The topological polar surface area (TPSA) is 88.7 Å². The van der Waals surface area contributed by atoms with E-state index in [1.807, 2.05) is 6.92 Å². The van der Waals surface area contributed by atoms with Crippen molar-refractivity contribution in [3.8, 4) is 5.75 Å². The quantitative estimate of drug-likeness (QED) is 0.349. The maximum atomic E-state index is 12.5. The fourth-order valence-corrected chi connectivity index (χ4v) is 2.38. The molecule has 0 fully saturated rings. The fourth-order valence-electron chi connectivity index (χ4n) is 2.38. The normalized spacial score (nSPS) is 11.8. The maximum Gasteiger partial charge on any atom is 0.573 e. The molecule has 0 bridgehead atoms. The Labute approximate surface area is 167 Å². The van der Waals surface area contributed by atoms with Crippen LogP contribution in [0.4, 0.5) is 18.9 Å². The molecule has 29 heavy (non-hydrogen) atoms. The van der Waals surface area contributed by atoms with Crippen LogP contribution in [0.15, 0.2) is 53.5 Å². The SMILES string of the molecule is CCCCNC(=O)c1ccc(CN=C(N)Nc2ccccc2OC(F)(F)F)cc1. The number of ether oxygens (including phenoxy) is 1. The molecule has 2 aromatic carbocycles. The van der Waals surface area contributed by atoms with Crippen LogP contribution in [0, 0.1) is 0 Å². The van der Waals surface area contributed by atoms with E-state index in [9.17, 15) is 18.0 Å². The summed E-state index contributed by atoms with van der Waals surface area (Å²) in [4.78, 5) is 16.1. The lowest BCUT2D eigenvalue weighted by Crippen LogP contribution is -2.24. The minimum Gasteiger partial charge on any atom is -0.404 e. The first-order valence-electron chi connectivity index (χ1n) is 9.07. The molecule has 1 amide bonds. The smallest absolute Gasteiger partial charge is 0.404 e. The zero-order chi connectivity index (χ0) is 21.3. The molecule has 9 heteroatoms. The summed E-state index contributed by atoms with van der Waals surface area (Å²) in [7, 11) is 0. The van der Waals surface area contributed by atoms with E-state index in [4.69, 9.17) is 5.73 Å². The molecule has 0 aliphatic carbocycles. The molecule has 0 spiro atoms. The van der Waals surface area contributed by atoms with Crippen molar-refractivity contribution in [1.82, 2.24) is 5.32 Å². The van der Waals surface area contributed by atoms with Crippen molar-refractivity contribution in [2.24, 2.45) is 10.7 Å². The summed E-state index contributed by atoms with van der Waals surface area (Å²) < 4.78 is 41.3. The van der Waals surface area contributed by atoms with Crippen molar-refractivity contribution in [2.45, 2.75) is 32.7 Å². The lowest BCUT2D eigenvalue weighted by Gasteiger charge is -2.14. The Bertz CT molecular complexity index is 836. The van der Waals surface area contributed by atoms with E-state index >= 15 is 0 Å². The van der Waals surface area contributed by atoms with Crippen LogP contribution in [0.25, 0.3) is 0 Å². The van der Waals surface area contributed by atoms with Gasteiger partial charge >= 0.3 is 6.36 Å². The standard InChI is InChI=1S/C20H23F3N4O2/c1-2-3-12-25-18(28)15-10-8-14(9-11-15)13-26-19(24)27-16-6-4-5-7-17(16)29-20(21,22)23/h4-11H,2-3,12-13H2,1H3,(H,25,28)(H3,24,26,27). The van der Waals surface area contributed by atoms with Crippen molar-refractivity contribution in [3.05, 3.63) is 59.7 Å². The Kier molecular flexibility index (Phi) is 7.88. The number of hydrogen-bond donors (Lipinski definition) is 3. The highest BCUT2D eigenvalue weighted by Crippen LogP contribution is 2.29. The molecule has 0 aromatic heterocycles. The molecular weight excluding hydrogens is 385 g/mol. The number of halogens is 3. The molecule has 2 aromatic rings. The molecule has 0 aliphatic rings. The molecular formula is C20H23F3N4O2. The van der Waals surface area contributed by atoms with Crippen molar-refractivity contribution < 1.29 is 22.7 Å². The van der Waals surface area contributed by atoms with Gasteiger partial charge in [0.2, 0.25) is 0 Å². The number of amides is 1. The van der Waals surface area contributed by atoms with Gasteiger partial charge in [-0.05, 0) is 36.2 Å². The Morgan fingerprint density at radius 2 is 1.83 bits per heavy atom. The van der Waals surface area contributed by atoms with Crippen molar-refractivity contribution >= 4 is 17.6 Å². The zero-order valence-electron chi connectivity index (χ0n) is 15.9. The number of nitrogens with zero attached hydrogens (tertiary/aromatic N) is 1. The molecule has 0 aliphatic heterocycles. The second kappa shape index (κ2) is 10.4. The van der Waals surface area contributed by atoms with E-state index in [-0.39, 0.29) is 24.1 Å². The van der Waals surface area contributed by atoms with Crippen LogP contribution in [-0.4, -0.2) is 24.8 Å². The highest BCUT2D eigenvalue weighted by molar-refractivity contribution is 5.94. The van der Waals surface area contributed by atoms with Gasteiger partial charge in [0.25, 0.3) is 5.91 Å². The summed E-state index contributed by atoms with van der Waals surface area (Å²) >= 11 is 0. The largest absolute Gasteiger partial charge is 0.573 e. The number of anilines is 1. The van der Waals surface area contributed by atoms with Crippen LogP contribution < -0.4 is 21.1 Å². The molecule has 0 saturated carbocycles. The second-order valence-corrected chi connectivity index (χ2v) is 6.18. The van der Waals surface area contributed by atoms with Gasteiger partial charge in [-0.1, -0.05) is 37.6 Å². The zero-order valence-corrected chi connectivity index (χ0v) is 15.9. The van der Waals surface area contributed by atoms with Crippen molar-refractivity contribution in [3.63, 3.8) is 0 Å². The van der Waals surface area contributed by atoms with E-state index in [2.05, 4.69) is 20.4 Å². The number of benzene rings is 2. The molecule has 0 unspecified atom stereocenters. The van der Waals surface area contributed by atoms with Crippen LogP contribution in [-0.2, 0) is 6.54 Å². The minimum absolute atomic E-state index is 0.0465. The predicted molar refractivity (Wildman–Crippen MR) is 106 cm³/mol. The van der Waals surface area contributed by atoms with E-state index in [0.29, 0.717) is 12.1 Å². The van der Waals surface area contributed by atoms with Gasteiger partial charge in [0.15, 0.2) is 11.7 Å². The van der Waals surface area contributed by atoms with Crippen molar-refractivity contribution in [1.29, 1.82) is 0 Å². The van der Waals surface area contributed by atoms with E-state index in [0.717, 1.165) is 18.4 Å². The van der Waals surface area contributed by atoms with Crippen LogP contribution in [0.1, 0.15) is 35.7 Å². The fraction of sp³-hybridized carbons (Fsp3) is 0.300. The number of alkyl halides is 3. The van der Waals surface area contributed by atoms with Crippen LogP contribution >= 0.6 is 0 Å². The van der Waals surface area contributed by atoms with Crippen LogP contribution in [0.2, 0.25) is 0 Å². The summed E-state index contributed by atoms with van der Waals surface area (Å²) in [5, 5.41) is 5.43. The van der Waals surface area contributed by atoms with Gasteiger partial charge in [-0.15, -0.1) is 13.2 Å². The Hall–Kier alpha value is -3.23. The Morgan fingerprint density at radius 3 is 2.48 bits per heavy atom. The van der Waals surface area contributed by atoms with E-state index < -0.39 is 12.1 Å². The van der Waals surface area contributed by atoms with Gasteiger partial charge in [-0.25, -0.2) is 4.99 Å². The van der Waals surface area contributed by atoms with E-state index in [1.54, 1.807) is 30.3 Å². The lowest BCUT2D eigenvalue weighted by atomic mass is 10.1. The summed E-state index contributed by atoms with van der Waals surface area (Å²) in [5.74, 6) is -0.614. The summed E-state index contributed by atoms with van der Waals surface area (Å²) in [6, 6.07) is 12.4. The highest BCUT2D eigenvalue weighted by Gasteiger charge is 2.32. The number of carbonyl (C=O) groups excluding carboxylic acids is 1. The molecule has 4 N–H and O–H groups in total. The maximum absolute atomic E-state index is 12.5. The average Bonchev–Trinajstić information content (AvgIpc) is 2.67. The molecule has 0 atom stereocenters. The monoisotopic (exact) mass is 408 g/mol. The van der Waals surface area contributed by atoms with Gasteiger partial charge in [-0.3, -0.25) is 4.79 Å². The molecule has 156 valence electrons. The molecule has 6 nitrogen and oxygen atoms in total. The molecule has 0 radical (unpaired) electrons. The number of nitrogens with two attached hydrogens (primary N) is 1. The second-order valence-electron chi connectivity index (χ2n) is 6.18. The number of nitrogens with one attached hydrogen (secondary N) is 2. The van der Waals surface area contributed by atoms with Gasteiger partial charge < -0.3 is 21.1 Å². The Balaban J connectivity index is 1.96. The summed E-state index contributed by atoms with van der Waals surface area (Å²) in [6.45, 7) is 2.87. The Morgan fingerprint density at radius 1 is 1.14 bits per heavy atom. The highest BCUT2D eigenvalue weighted by atomic mass is 19.4. The van der Waals surface area contributed by atoms with Gasteiger partial charge in [0.05, 0.1) is 12.2 Å². The van der Waals surface area contributed by atoms with Gasteiger partial charge in [0, 0.05) is 12.1 Å². The minimum atomic E-state index is -4.81. The molecule has 0 saturated heterocycles. The number of unbranched alkanes of at least 4 members (excludes halogenated alkanes) is 1. The average molecular weight is 408 g/mol. The first-order chi connectivity index (χ1) is 13.8. The first-order valence-corrected chi connectivity index (χ1v) is 9.07. The van der Waals surface area contributed by atoms with Crippen LogP contribution in [0.5, 0.6) is 5.75 Å². The lowest BCUT2D eigenvalue weighted by molar-refractivity contribution is -0.274. The number of aliphatic imine (C=N–C) groups is 1. The number of guanidine groups is 1. The first kappa shape index (κ1) is 22.1. The summed E-state index contributed by atoms with van der Waals surface area (Å²) in [6.07, 6.45) is -2.89. The third-order valence-electron chi connectivity index (χ3n) is 3.84. The summed E-state index contributed by atoms with van der Waals surface area (Å²) in [5.41, 5.74) is 7.15. The molecule has 2 rings (SSSR count). The predicted octanol–water partition coefficient (Wildman–Crippen LogP) is 4.04. The third kappa shape index (κ3) is 7.73. The van der Waals surface area contributed by atoms with E-state index in [1.165, 1.54) is 18.2 Å². The number of para-hydroxylation sites is 2. The number of carbonyl (C=O) groups is 1. The van der Waals surface area contributed by atoms with Crippen LogP contribution in [0.3, 0.4) is 0 Å². The third-order valence-corrected chi connectivity index (χ3v) is 3.84. The van der Waals surface area contributed by atoms with Gasteiger partial charge in [0.1, 0.15) is 0 Å². The van der Waals surface area contributed by atoms with Crippen molar-refractivity contribution in [2.75, 3.05) is 11.9 Å². The number of rotatable bonds is 8. The van der Waals surface area contributed by atoms with Gasteiger partial charge in [-0.2, -0.15) is 0 Å². The molecule has 0 heterocycles. The number of hydrogen-bond acceptors (Lipinski definition) is 3.